The number of carbonyl (C=O) groups excluding carboxylic acids is 1. The summed E-state index contributed by atoms with van der Waals surface area (Å²) in [6.07, 6.45) is 3.33. The molecule has 0 fully saturated rings. The molecule has 1 amide bonds. The molecule has 0 atom stereocenters. The molecule has 0 bridgehead atoms. The Morgan fingerprint density at radius 1 is 1.26 bits per heavy atom. The summed E-state index contributed by atoms with van der Waals surface area (Å²) in [5, 5.41) is 2.82. The lowest BCUT2D eigenvalue weighted by atomic mass is 10.1. The molecule has 2 rings (SSSR count). The van der Waals surface area contributed by atoms with Crippen LogP contribution in [0.3, 0.4) is 0 Å². The summed E-state index contributed by atoms with van der Waals surface area (Å²) in [5.41, 5.74) is 3.29. The number of rotatable bonds is 5. The van der Waals surface area contributed by atoms with Crippen molar-refractivity contribution in [3.63, 3.8) is 0 Å². The topological polar surface area (TPSA) is 42.0 Å². The second-order valence-corrected chi connectivity index (χ2v) is 5.19. The maximum atomic E-state index is 11.7. The Labute approximate surface area is 117 Å². The molecule has 4 heteroatoms. The van der Waals surface area contributed by atoms with E-state index in [1.807, 2.05) is 18.2 Å². The van der Waals surface area contributed by atoms with E-state index >= 15 is 0 Å². The number of benzene rings is 1. The van der Waals surface area contributed by atoms with E-state index in [9.17, 15) is 4.79 Å². The second-order valence-electron chi connectivity index (χ2n) is 4.21. The first-order valence-corrected chi connectivity index (χ1v) is 7.23. The molecule has 3 nitrogen and oxygen atoms in total. The first kappa shape index (κ1) is 13.6. The summed E-state index contributed by atoms with van der Waals surface area (Å²) in [6.45, 7) is 2.09. The molecule has 1 aromatic heterocycles. The van der Waals surface area contributed by atoms with Gasteiger partial charge in [-0.05, 0) is 30.2 Å². The third-order valence-electron chi connectivity index (χ3n) is 2.70. The van der Waals surface area contributed by atoms with Crippen molar-refractivity contribution in [1.29, 1.82) is 0 Å². The van der Waals surface area contributed by atoms with E-state index in [1.165, 1.54) is 11.1 Å². The summed E-state index contributed by atoms with van der Waals surface area (Å²) < 4.78 is 0. The Morgan fingerprint density at radius 2 is 2.11 bits per heavy atom. The minimum Gasteiger partial charge on any atom is -0.324 e. The molecule has 0 saturated carbocycles. The van der Waals surface area contributed by atoms with Gasteiger partial charge in [-0.25, -0.2) is 0 Å². The van der Waals surface area contributed by atoms with Crippen molar-refractivity contribution < 1.29 is 4.79 Å². The van der Waals surface area contributed by atoms with Crippen LogP contribution in [0, 0.1) is 6.92 Å². The molecule has 1 aromatic carbocycles. The van der Waals surface area contributed by atoms with Gasteiger partial charge in [0.1, 0.15) is 0 Å². The standard InChI is InChI=1S/C15H16N2OS/c1-12-5-2-3-6-13(12)10-19-11-15(18)17-14-7-4-8-16-9-14/h2-9H,10-11H2,1H3,(H,17,18). The number of amides is 1. The summed E-state index contributed by atoms with van der Waals surface area (Å²) in [4.78, 5) is 15.7. The van der Waals surface area contributed by atoms with Crippen molar-refractivity contribution in [2.75, 3.05) is 11.1 Å². The van der Waals surface area contributed by atoms with Gasteiger partial charge in [0.15, 0.2) is 0 Å². The van der Waals surface area contributed by atoms with Gasteiger partial charge in [-0.3, -0.25) is 9.78 Å². The van der Waals surface area contributed by atoms with Crippen LogP contribution in [0.4, 0.5) is 5.69 Å². The number of thioether (sulfide) groups is 1. The lowest BCUT2D eigenvalue weighted by Crippen LogP contribution is -2.14. The predicted molar refractivity (Wildman–Crippen MR) is 80.2 cm³/mol. The van der Waals surface area contributed by atoms with E-state index in [4.69, 9.17) is 0 Å². The van der Waals surface area contributed by atoms with E-state index < -0.39 is 0 Å². The number of hydrogen-bond donors (Lipinski definition) is 1. The monoisotopic (exact) mass is 272 g/mol. The van der Waals surface area contributed by atoms with E-state index in [0.29, 0.717) is 5.75 Å². The number of pyridine rings is 1. The fourth-order valence-electron chi connectivity index (χ4n) is 1.66. The van der Waals surface area contributed by atoms with Gasteiger partial charge >= 0.3 is 0 Å². The van der Waals surface area contributed by atoms with E-state index in [-0.39, 0.29) is 5.91 Å². The zero-order chi connectivity index (χ0) is 13.5. The number of nitrogens with one attached hydrogen (secondary N) is 1. The SMILES string of the molecule is Cc1ccccc1CSCC(=O)Nc1cccnc1. The van der Waals surface area contributed by atoms with Crippen LogP contribution in [0.2, 0.25) is 0 Å². The van der Waals surface area contributed by atoms with E-state index in [0.717, 1.165) is 11.4 Å². The predicted octanol–water partition coefficient (Wildman–Crippen LogP) is 3.26. The first-order valence-electron chi connectivity index (χ1n) is 6.08. The minimum absolute atomic E-state index is 0.00610. The molecule has 1 heterocycles. The van der Waals surface area contributed by atoms with Crippen LogP contribution in [0.15, 0.2) is 48.8 Å². The smallest absolute Gasteiger partial charge is 0.234 e. The number of anilines is 1. The molecular weight excluding hydrogens is 256 g/mol. The molecule has 0 saturated heterocycles. The Bertz CT molecular complexity index is 543. The normalized spacial score (nSPS) is 10.2. The molecule has 0 unspecified atom stereocenters. The second kappa shape index (κ2) is 6.95. The van der Waals surface area contributed by atoms with Crippen molar-refractivity contribution in [3.05, 3.63) is 59.9 Å². The highest BCUT2D eigenvalue weighted by atomic mass is 32.2. The van der Waals surface area contributed by atoms with Crippen LogP contribution >= 0.6 is 11.8 Å². The molecule has 98 valence electrons. The highest BCUT2D eigenvalue weighted by Gasteiger charge is 2.03. The zero-order valence-electron chi connectivity index (χ0n) is 10.8. The summed E-state index contributed by atoms with van der Waals surface area (Å²) in [6, 6.07) is 11.9. The number of carbonyl (C=O) groups is 1. The van der Waals surface area contributed by atoms with Crippen molar-refractivity contribution in [1.82, 2.24) is 4.98 Å². The average molecular weight is 272 g/mol. The third-order valence-corrected chi connectivity index (χ3v) is 3.68. The van der Waals surface area contributed by atoms with Crippen molar-refractivity contribution in [3.8, 4) is 0 Å². The Kier molecular flexibility index (Phi) is 4.98. The fourth-order valence-corrected chi connectivity index (χ4v) is 2.56. The van der Waals surface area contributed by atoms with Crippen LogP contribution in [0.25, 0.3) is 0 Å². The molecule has 19 heavy (non-hydrogen) atoms. The van der Waals surface area contributed by atoms with Crippen LogP contribution < -0.4 is 5.32 Å². The van der Waals surface area contributed by atoms with Crippen LogP contribution in [0.1, 0.15) is 11.1 Å². The molecule has 2 aromatic rings. The van der Waals surface area contributed by atoms with Crippen LogP contribution in [-0.2, 0) is 10.5 Å². The van der Waals surface area contributed by atoms with Gasteiger partial charge in [0.2, 0.25) is 5.91 Å². The maximum absolute atomic E-state index is 11.7. The molecule has 0 aliphatic rings. The number of aromatic nitrogens is 1. The first-order chi connectivity index (χ1) is 9.25. The van der Waals surface area contributed by atoms with Gasteiger partial charge < -0.3 is 5.32 Å². The Morgan fingerprint density at radius 3 is 2.84 bits per heavy atom. The van der Waals surface area contributed by atoms with E-state index in [1.54, 1.807) is 30.2 Å². The largest absolute Gasteiger partial charge is 0.324 e. The van der Waals surface area contributed by atoms with Crippen LogP contribution in [0.5, 0.6) is 0 Å². The Balaban J connectivity index is 1.77. The number of hydrogen-bond acceptors (Lipinski definition) is 3. The molecule has 0 aliphatic heterocycles. The maximum Gasteiger partial charge on any atom is 0.234 e. The average Bonchev–Trinajstić information content (AvgIpc) is 2.42. The highest BCUT2D eigenvalue weighted by molar-refractivity contribution is 7.99. The Hall–Kier alpha value is -1.81. The van der Waals surface area contributed by atoms with Gasteiger partial charge in [-0.2, -0.15) is 0 Å². The van der Waals surface area contributed by atoms with Crippen LogP contribution in [-0.4, -0.2) is 16.6 Å². The fraction of sp³-hybridized carbons (Fsp3) is 0.200. The lowest BCUT2D eigenvalue weighted by molar-refractivity contribution is -0.113. The number of aryl methyl sites for hydroxylation is 1. The third kappa shape index (κ3) is 4.41. The van der Waals surface area contributed by atoms with Crippen molar-refractivity contribution in [2.24, 2.45) is 0 Å². The van der Waals surface area contributed by atoms with Crippen molar-refractivity contribution in [2.45, 2.75) is 12.7 Å². The molecule has 1 N–H and O–H groups in total. The van der Waals surface area contributed by atoms with Gasteiger partial charge in [-0.15, -0.1) is 11.8 Å². The van der Waals surface area contributed by atoms with Gasteiger partial charge in [0.05, 0.1) is 17.6 Å². The summed E-state index contributed by atoms with van der Waals surface area (Å²) >= 11 is 1.62. The summed E-state index contributed by atoms with van der Waals surface area (Å²) in [7, 11) is 0. The molecule has 0 aliphatic carbocycles. The summed E-state index contributed by atoms with van der Waals surface area (Å²) in [5.74, 6) is 1.31. The lowest BCUT2D eigenvalue weighted by Gasteiger charge is -2.06. The highest BCUT2D eigenvalue weighted by Crippen LogP contribution is 2.16. The minimum atomic E-state index is 0.00610. The molecular formula is C15H16N2OS. The van der Waals surface area contributed by atoms with Gasteiger partial charge in [0, 0.05) is 11.9 Å². The van der Waals surface area contributed by atoms with Gasteiger partial charge in [0.25, 0.3) is 0 Å². The zero-order valence-corrected chi connectivity index (χ0v) is 11.6. The van der Waals surface area contributed by atoms with E-state index in [2.05, 4.69) is 29.4 Å². The quantitative estimate of drug-likeness (QED) is 0.908. The number of nitrogens with zero attached hydrogens (tertiary/aromatic N) is 1. The molecule has 0 radical (unpaired) electrons. The van der Waals surface area contributed by atoms with Gasteiger partial charge in [-0.1, -0.05) is 24.3 Å². The van der Waals surface area contributed by atoms with Crippen molar-refractivity contribution >= 4 is 23.4 Å². The molecule has 0 spiro atoms.